The smallest absolute Gasteiger partial charge is 0.350 e. The lowest BCUT2D eigenvalue weighted by Crippen LogP contribution is -2.07. The van der Waals surface area contributed by atoms with Crippen molar-refractivity contribution in [1.29, 1.82) is 0 Å². The number of anilines is 1. The first-order valence-corrected chi connectivity index (χ1v) is 9.34. The third-order valence-corrected chi connectivity index (χ3v) is 5.08. The Morgan fingerprint density at radius 1 is 1.35 bits per heavy atom. The first-order valence-electron chi connectivity index (χ1n) is 8.15. The minimum Gasteiger partial charge on any atom is -0.465 e. The van der Waals surface area contributed by atoms with Gasteiger partial charge in [-0.2, -0.15) is 5.10 Å². The quantitative estimate of drug-likeness (QED) is 0.567. The van der Waals surface area contributed by atoms with Crippen LogP contribution >= 0.6 is 22.9 Å². The molecule has 0 aliphatic carbocycles. The van der Waals surface area contributed by atoms with Gasteiger partial charge in [0.15, 0.2) is 5.13 Å². The molecule has 0 bridgehead atoms. The van der Waals surface area contributed by atoms with Gasteiger partial charge in [-0.3, -0.25) is 14.8 Å². The topological polar surface area (TPSA) is 86.1 Å². The molecule has 1 amide bonds. The molecule has 0 aliphatic rings. The van der Waals surface area contributed by atoms with E-state index in [1.54, 1.807) is 17.7 Å². The number of esters is 1. The monoisotopic (exact) mass is 396 g/mol. The van der Waals surface area contributed by atoms with Crippen molar-refractivity contribution >= 4 is 46.0 Å². The predicted molar refractivity (Wildman–Crippen MR) is 103 cm³/mol. The lowest BCUT2D eigenvalue weighted by atomic mass is 10.2. The summed E-state index contributed by atoms with van der Waals surface area (Å²) in [5.41, 5.74) is 1.98. The van der Waals surface area contributed by atoms with Crippen LogP contribution in [0.3, 0.4) is 0 Å². The highest BCUT2D eigenvalue weighted by Gasteiger charge is 2.16. The average molecular weight is 397 g/mol. The lowest BCUT2D eigenvalue weighted by Gasteiger charge is -2.00. The maximum Gasteiger partial charge on any atom is 0.350 e. The van der Waals surface area contributed by atoms with E-state index in [4.69, 9.17) is 11.6 Å². The molecule has 7 nitrogen and oxygen atoms in total. The van der Waals surface area contributed by atoms with E-state index < -0.39 is 5.97 Å². The summed E-state index contributed by atoms with van der Waals surface area (Å²) in [6, 6.07) is 0. The van der Waals surface area contributed by atoms with Crippen LogP contribution in [-0.4, -0.2) is 33.8 Å². The molecule has 0 atom stereocenters. The van der Waals surface area contributed by atoms with Crippen LogP contribution in [-0.2, 0) is 16.1 Å². The Kier molecular flexibility index (Phi) is 6.93. The Morgan fingerprint density at radius 2 is 2.08 bits per heavy atom. The molecule has 2 aromatic heterocycles. The third kappa shape index (κ3) is 4.70. The predicted octanol–water partition coefficient (Wildman–Crippen LogP) is 3.85. The van der Waals surface area contributed by atoms with Crippen molar-refractivity contribution in [3.8, 4) is 0 Å². The zero-order chi connectivity index (χ0) is 19.3. The molecule has 1 N–H and O–H groups in total. The first-order chi connectivity index (χ1) is 12.4. The maximum absolute atomic E-state index is 12.1. The molecular formula is C17H21ClN4O3S. The normalized spacial score (nSPS) is 11.1. The molecule has 0 unspecified atom stereocenters. The van der Waals surface area contributed by atoms with Gasteiger partial charge in [-0.05, 0) is 26.3 Å². The van der Waals surface area contributed by atoms with Crippen LogP contribution in [0.15, 0.2) is 6.08 Å². The third-order valence-electron chi connectivity index (χ3n) is 3.63. The number of methoxy groups -OCH3 is 1. The van der Waals surface area contributed by atoms with Crippen molar-refractivity contribution in [1.82, 2.24) is 14.8 Å². The van der Waals surface area contributed by atoms with Gasteiger partial charge in [0.25, 0.3) is 0 Å². The number of hydrogen-bond acceptors (Lipinski definition) is 6. The highest BCUT2D eigenvalue weighted by atomic mass is 35.5. The van der Waals surface area contributed by atoms with E-state index in [1.807, 2.05) is 6.92 Å². The highest BCUT2D eigenvalue weighted by Crippen LogP contribution is 2.24. The van der Waals surface area contributed by atoms with Crippen molar-refractivity contribution in [2.24, 2.45) is 0 Å². The molecular weight excluding hydrogens is 376 g/mol. The molecule has 0 saturated carbocycles. The van der Waals surface area contributed by atoms with Gasteiger partial charge in [0.1, 0.15) is 10.0 Å². The summed E-state index contributed by atoms with van der Waals surface area (Å²) >= 11 is 7.41. The summed E-state index contributed by atoms with van der Waals surface area (Å²) < 4.78 is 6.42. The van der Waals surface area contributed by atoms with E-state index in [-0.39, 0.29) is 5.91 Å². The molecule has 0 aliphatic heterocycles. The maximum atomic E-state index is 12.1. The minimum atomic E-state index is -0.474. The largest absolute Gasteiger partial charge is 0.465 e. The molecule has 9 heteroatoms. The Morgan fingerprint density at radius 3 is 2.73 bits per heavy atom. The van der Waals surface area contributed by atoms with Crippen molar-refractivity contribution in [3.05, 3.63) is 33.1 Å². The van der Waals surface area contributed by atoms with Gasteiger partial charge in [-0.1, -0.05) is 36.3 Å². The SMILES string of the molecule is CCCCn1nc(C)c(/C=C/C(=O)Nc2nc(C)c(C(=O)OC)s2)c1Cl. The van der Waals surface area contributed by atoms with Gasteiger partial charge in [0.05, 0.1) is 18.5 Å². The second-order valence-electron chi connectivity index (χ2n) is 5.61. The number of aryl methyl sites for hydroxylation is 3. The standard InChI is InChI=1S/C17H21ClN4O3S/c1-5-6-9-22-15(18)12(10(2)21-22)7-8-13(23)20-17-19-11(3)14(26-17)16(24)25-4/h7-8H,5-6,9H2,1-4H3,(H,19,20,23)/b8-7+. The molecule has 0 radical (unpaired) electrons. The molecule has 2 aromatic rings. The van der Waals surface area contributed by atoms with E-state index in [0.29, 0.717) is 26.4 Å². The van der Waals surface area contributed by atoms with Crippen LogP contribution in [0.4, 0.5) is 5.13 Å². The highest BCUT2D eigenvalue weighted by molar-refractivity contribution is 7.17. The summed E-state index contributed by atoms with van der Waals surface area (Å²) in [6.45, 7) is 6.37. The van der Waals surface area contributed by atoms with E-state index in [0.717, 1.165) is 36.4 Å². The number of ether oxygens (including phenoxy) is 1. The van der Waals surface area contributed by atoms with Crippen molar-refractivity contribution in [2.75, 3.05) is 12.4 Å². The fraction of sp³-hybridized carbons (Fsp3) is 0.412. The molecule has 0 spiro atoms. The van der Waals surface area contributed by atoms with Crippen LogP contribution in [0, 0.1) is 13.8 Å². The summed E-state index contributed by atoms with van der Waals surface area (Å²) in [6.07, 6.45) is 5.03. The molecule has 0 saturated heterocycles. The zero-order valence-corrected chi connectivity index (χ0v) is 16.7. The molecule has 0 aromatic carbocycles. The zero-order valence-electron chi connectivity index (χ0n) is 15.1. The second kappa shape index (κ2) is 8.95. The Balaban J connectivity index is 2.08. The molecule has 140 valence electrons. The fourth-order valence-electron chi connectivity index (χ4n) is 2.25. The number of nitrogens with zero attached hydrogens (tertiary/aromatic N) is 3. The summed E-state index contributed by atoms with van der Waals surface area (Å²) in [5.74, 6) is -0.843. The van der Waals surface area contributed by atoms with Crippen molar-refractivity contribution in [3.63, 3.8) is 0 Å². The van der Waals surface area contributed by atoms with Crippen LogP contribution < -0.4 is 5.32 Å². The fourth-order valence-corrected chi connectivity index (χ4v) is 3.46. The molecule has 0 fully saturated rings. The van der Waals surface area contributed by atoms with Crippen LogP contribution in [0.2, 0.25) is 5.15 Å². The van der Waals surface area contributed by atoms with Gasteiger partial charge in [-0.15, -0.1) is 0 Å². The first kappa shape index (κ1) is 20.1. The number of amides is 1. The van der Waals surface area contributed by atoms with Gasteiger partial charge < -0.3 is 4.74 Å². The summed E-state index contributed by atoms with van der Waals surface area (Å²) in [4.78, 5) is 28.2. The van der Waals surface area contributed by atoms with E-state index in [2.05, 4.69) is 27.1 Å². The van der Waals surface area contributed by atoms with Gasteiger partial charge in [0.2, 0.25) is 5.91 Å². The van der Waals surface area contributed by atoms with E-state index in [1.165, 1.54) is 13.2 Å². The van der Waals surface area contributed by atoms with Gasteiger partial charge >= 0.3 is 5.97 Å². The Labute approximate surface area is 161 Å². The minimum absolute atomic E-state index is 0.332. The van der Waals surface area contributed by atoms with Gasteiger partial charge in [0, 0.05) is 18.2 Å². The number of aromatic nitrogens is 3. The molecule has 26 heavy (non-hydrogen) atoms. The summed E-state index contributed by atoms with van der Waals surface area (Å²) in [7, 11) is 1.30. The van der Waals surface area contributed by atoms with Crippen molar-refractivity contribution < 1.29 is 14.3 Å². The van der Waals surface area contributed by atoms with Crippen LogP contribution in [0.1, 0.15) is 46.4 Å². The Bertz CT molecular complexity index is 841. The number of rotatable bonds is 7. The average Bonchev–Trinajstić information content (AvgIpc) is 3.10. The van der Waals surface area contributed by atoms with Crippen LogP contribution in [0.25, 0.3) is 6.08 Å². The number of halogens is 1. The second-order valence-corrected chi connectivity index (χ2v) is 6.97. The Hall–Kier alpha value is -2.19. The van der Waals surface area contributed by atoms with Gasteiger partial charge in [-0.25, -0.2) is 9.78 Å². The summed E-state index contributed by atoms with van der Waals surface area (Å²) in [5, 5.41) is 7.87. The lowest BCUT2D eigenvalue weighted by molar-refractivity contribution is -0.111. The number of thiazole rings is 1. The number of carbonyl (C=O) groups is 2. The molecule has 2 rings (SSSR count). The molecule has 2 heterocycles. The number of hydrogen-bond donors (Lipinski definition) is 1. The van der Waals surface area contributed by atoms with Crippen LogP contribution in [0.5, 0.6) is 0 Å². The van der Waals surface area contributed by atoms with E-state index in [9.17, 15) is 9.59 Å². The van der Waals surface area contributed by atoms with E-state index >= 15 is 0 Å². The number of carbonyl (C=O) groups excluding carboxylic acids is 2. The number of unbranched alkanes of at least 4 members (excludes halogenated alkanes) is 1. The van der Waals surface area contributed by atoms with Crippen molar-refractivity contribution in [2.45, 2.75) is 40.2 Å². The number of nitrogens with one attached hydrogen (secondary N) is 1.